The molecule has 2 aliphatic heterocycles. The van der Waals surface area contributed by atoms with E-state index in [1.54, 1.807) is 28.8 Å². The van der Waals surface area contributed by atoms with Gasteiger partial charge in [0.2, 0.25) is 10.0 Å². The summed E-state index contributed by atoms with van der Waals surface area (Å²) < 4.78 is 38.3. The Balaban J connectivity index is 1.71. The van der Waals surface area contributed by atoms with E-state index in [9.17, 15) is 13.2 Å². The first kappa shape index (κ1) is 20.2. The first-order valence-electron chi connectivity index (χ1n) is 9.32. The van der Waals surface area contributed by atoms with Crippen LogP contribution in [0.2, 0.25) is 0 Å². The number of amides is 1. The van der Waals surface area contributed by atoms with Crippen LogP contribution in [-0.2, 0) is 14.8 Å². The highest BCUT2D eigenvalue weighted by Crippen LogP contribution is 2.36. The third kappa shape index (κ3) is 3.87. The Kier molecular flexibility index (Phi) is 5.82. The lowest BCUT2D eigenvalue weighted by molar-refractivity contribution is 0.0729. The second-order valence-corrected chi connectivity index (χ2v) is 9.70. The number of methoxy groups -OCH3 is 1. The number of carbonyl (C=O) groups is 1. The number of ether oxygens (including phenoxy) is 2. The van der Waals surface area contributed by atoms with Crippen molar-refractivity contribution >= 4 is 33.4 Å². The van der Waals surface area contributed by atoms with Gasteiger partial charge in [-0.3, -0.25) is 4.79 Å². The molecule has 0 saturated carbocycles. The van der Waals surface area contributed by atoms with Gasteiger partial charge in [0.1, 0.15) is 10.6 Å². The zero-order valence-corrected chi connectivity index (χ0v) is 17.7. The van der Waals surface area contributed by atoms with Crippen molar-refractivity contribution in [3.05, 3.63) is 48.0 Å². The molecule has 0 aromatic heterocycles. The minimum absolute atomic E-state index is 0.00687. The number of anilines is 1. The highest BCUT2D eigenvalue weighted by atomic mass is 32.2. The average molecular weight is 435 g/mol. The molecule has 0 radical (unpaired) electrons. The number of hydrogen-bond donors (Lipinski definition) is 0. The van der Waals surface area contributed by atoms with Gasteiger partial charge in [0.05, 0.1) is 26.0 Å². The maximum Gasteiger partial charge on any atom is 0.258 e. The number of sulfonamides is 1. The van der Waals surface area contributed by atoms with Gasteiger partial charge >= 0.3 is 0 Å². The van der Waals surface area contributed by atoms with Gasteiger partial charge in [-0.2, -0.15) is 4.31 Å². The molecule has 7 nitrogen and oxygen atoms in total. The number of para-hydroxylation sites is 1. The van der Waals surface area contributed by atoms with Crippen molar-refractivity contribution < 1.29 is 22.7 Å². The highest BCUT2D eigenvalue weighted by molar-refractivity contribution is 7.99. The lowest BCUT2D eigenvalue weighted by atomic mass is 10.1. The topological polar surface area (TPSA) is 76.2 Å². The lowest BCUT2D eigenvalue weighted by Gasteiger charge is -2.29. The predicted octanol–water partition coefficient (Wildman–Crippen LogP) is 2.47. The van der Waals surface area contributed by atoms with E-state index in [-0.39, 0.29) is 29.6 Å². The molecule has 1 fully saturated rings. The van der Waals surface area contributed by atoms with Crippen LogP contribution in [0.3, 0.4) is 0 Å². The minimum Gasteiger partial charge on any atom is -0.495 e. The molecular formula is C20H22N2O5S2. The fraction of sp³-hybridized carbons (Fsp3) is 0.350. The molecule has 9 heteroatoms. The largest absolute Gasteiger partial charge is 0.495 e. The molecule has 2 aromatic carbocycles. The summed E-state index contributed by atoms with van der Waals surface area (Å²) in [5.74, 6) is 0.791. The van der Waals surface area contributed by atoms with Gasteiger partial charge in [-0.05, 0) is 30.3 Å². The highest BCUT2D eigenvalue weighted by Gasteiger charge is 2.31. The predicted molar refractivity (Wildman–Crippen MR) is 111 cm³/mol. The summed E-state index contributed by atoms with van der Waals surface area (Å²) in [6.07, 6.45) is 0. The first-order chi connectivity index (χ1) is 14.0. The van der Waals surface area contributed by atoms with Crippen LogP contribution >= 0.6 is 11.8 Å². The van der Waals surface area contributed by atoms with E-state index < -0.39 is 10.0 Å². The van der Waals surface area contributed by atoms with Crippen molar-refractivity contribution in [1.82, 2.24) is 4.31 Å². The van der Waals surface area contributed by atoms with Crippen molar-refractivity contribution in [2.75, 3.05) is 50.6 Å². The van der Waals surface area contributed by atoms with Crippen LogP contribution < -0.4 is 9.64 Å². The van der Waals surface area contributed by atoms with Crippen LogP contribution in [0.5, 0.6) is 5.75 Å². The van der Waals surface area contributed by atoms with Gasteiger partial charge in [-0.1, -0.05) is 12.1 Å². The molecule has 0 aliphatic carbocycles. The Morgan fingerprint density at radius 3 is 2.62 bits per heavy atom. The molecule has 2 aromatic rings. The Hall–Kier alpha value is -2.07. The standard InChI is InChI=1S/C20H22N2O5S2/c1-26-17-7-6-15(14-19(17)29(24,25)21-8-11-27-12-9-21)20(23)22-10-13-28-18-5-3-2-4-16(18)22/h2-7,14H,8-13H2,1H3. The van der Waals surface area contributed by atoms with Crippen molar-refractivity contribution in [2.24, 2.45) is 0 Å². The Morgan fingerprint density at radius 2 is 1.86 bits per heavy atom. The number of carbonyl (C=O) groups excluding carboxylic acids is 1. The number of benzene rings is 2. The maximum atomic E-state index is 13.3. The van der Waals surface area contributed by atoms with E-state index in [0.29, 0.717) is 25.3 Å². The molecule has 29 heavy (non-hydrogen) atoms. The molecule has 0 unspecified atom stereocenters. The van der Waals surface area contributed by atoms with Crippen LogP contribution in [0.4, 0.5) is 5.69 Å². The maximum absolute atomic E-state index is 13.3. The Morgan fingerprint density at radius 1 is 1.10 bits per heavy atom. The van der Waals surface area contributed by atoms with Crippen LogP contribution in [0.25, 0.3) is 0 Å². The molecule has 0 bridgehead atoms. The van der Waals surface area contributed by atoms with Gasteiger partial charge in [0.15, 0.2) is 0 Å². The SMILES string of the molecule is COc1ccc(C(=O)N2CCSc3ccccc32)cc1S(=O)(=O)N1CCOCC1. The zero-order valence-electron chi connectivity index (χ0n) is 16.0. The minimum atomic E-state index is -3.80. The van der Waals surface area contributed by atoms with E-state index in [1.807, 2.05) is 24.3 Å². The molecule has 1 saturated heterocycles. The molecule has 2 aliphatic rings. The second-order valence-electron chi connectivity index (χ2n) is 6.66. The molecule has 2 heterocycles. The van der Waals surface area contributed by atoms with Gasteiger partial charge in [0.25, 0.3) is 5.91 Å². The van der Waals surface area contributed by atoms with Crippen molar-refractivity contribution in [3.8, 4) is 5.75 Å². The van der Waals surface area contributed by atoms with E-state index in [1.165, 1.54) is 17.5 Å². The normalized spacial score (nSPS) is 17.6. The third-order valence-corrected chi connectivity index (χ3v) is 7.93. The Labute approximate surface area is 174 Å². The molecule has 0 atom stereocenters. The quantitative estimate of drug-likeness (QED) is 0.736. The first-order valence-corrected chi connectivity index (χ1v) is 11.7. The fourth-order valence-corrected chi connectivity index (χ4v) is 6.06. The Bertz CT molecular complexity index is 1020. The smallest absolute Gasteiger partial charge is 0.258 e. The summed E-state index contributed by atoms with van der Waals surface area (Å²) in [5.41, 5.74) is 1.17. The number of morpholine rings is 1. The number of nitrogens with zero attached hydrogens (tertiary/aromatic N) is 2. The number of fused-ring (bicyclic) bond motifs is 1. The summed E-state index contributed by atoms with van der Waals surface area (Å²) in [6.45, 7) is 1.82. The molecule has 154 valence electrons. The summed E-state index contributed by atoms with van der Waals surface area (Å²) in [5, 5.41) is 0. The van der Waals surface area contributed by atoms with Crippen molar-refractivity contribution in [3.63, 3.8) is 0 Å². The van der Waals surface area contributed by atoms with E-state index in [2.05, 4.69) is 0 Å². The fourth-order valence-electron chi connectivity index (χ4n) is 3.47. The third-order valence-electron chi connectivity index (χ3n) is 4.97. The van der Waals surface area contributed by atoms with Gasteiger partial charge in [-0.25, -0.2) is 8.42 Å². The molecule has 1 amide bonds. The summed E-state index contributed by atoms with van der Waals surface area (Å²) in [4.78, 5) is 16.0. The van der Waals surface area contributed by atoms with Crippen molar-refractivity contribution in [1.29, 1.82) is 0 Å². The summed E-state index contributed by atoms with van der Waals surface area (Å²) >= 11 is 1.71. The monoisotopic (exact) mass is 434 g/mol. The van der Waals surface area contributed by atoms with Gasteiger partial charge < -0.3 is 14.4 Å². The number of hydrogen-bond acceptors (Lipinski definition) is 6. The number of thioether (sulfide) groups is 1. The average Bonchev–Trinajstić information content (AvgIpc) is 2.78. The summed E-state index contributed by atoms with van der Waals surface area (Å²) in [6, 6.07) is 12.3. The zero-order chi connectivity index (χ0) is 20.4. The van der Waals surface area contributed by atoms with E-state index >= 15 is 0 Å². The van der Waals surface area contributed by atoms with Gasteiger partial charge in [0, 0.05) is 35.8 Å². The van der Waals surface area contributed by atoms with E-state index in [4.69, 9.17) is 9.47 Å². The molecule has 0 N–H and O–H groups in total. The molecule has 0 spiro atoms. The second kappa shape index (κ2) is 8.35. The van der Waals surface area contributed by atoms with Crippen LogP contribution in [0.1, 0.15) is 10.4 Å². The van der Waals surface area contributed by atoms with Crippen LogP contribution in [-0.4, -0.2) is 64.3 Å². The van der Waals surface area contributed by atoms with Crippen molar-refractivity contribution in [2.45, 2.75) is 9.79 Å². The molecular weight excluding hydrogens is 412 g/mol. The van der Waals surface area contributed by atoms with Gasteiger partial charge in [-0.15, -0.1) is 11.8 Å². The summed E-state index contributed by atoms with van der Waals surface area (Å²) in [7, 11) is -2.37. The van der Waals surface area contributed by atoms with E-state index in [0.717, 1.165) is 16.3 Å². The molecule has 4 rings (SSSR count). The van der Waals surface area contributed by atoms with Crippen LogP contribution in [0, 0.1) is 0 Å². The lowest BCUT2D eigenvalue weighted by Crippen LogP contribution is -2.41. The number of rotatable bonds is 4. The van der Waals surface area contributed by atoms with Crippen LogP contribution in [0.15, 0.2) is 52.3 Å².